The topological polar surface area (TPSA) is 83.8 Å². The van der Waals surface area contributed by atoms with Crippen molar-refractivity contribution in [3.63, 3.8) is 0 Å². The van der Waals surface area contributed by atoms with Crippen LogP contribution in [0, 0.1) is 24.0 Å². The Balaban J connectivity index is 1.79. The first-order chi connectivity index (χ1) is 13.2. The molecule has 0 aliphatic carbocycles. The third-order valence-electron chi connectivity index (χ3n) is 5.19. The van der Waals surface area contributed by atoms with Gasteiger partial charge in [0.2, 0.25) is 0 Å². The van der Waals surface area contributed by atoms with Crippen molar-refractivity contribution in [2.24, 2.45) is 0 Å². The second kappa shape index (κ2) is 6.52. The minimum absolute atomic E-state index is 0.0100. The van der Waals surface area contributed by atoms with E-state index < -0.39 is 14.8 Å². The monoisotopic (exact) mass is 417 g/mol. The summed E-state index contributed by atoms with van der Waals surface area (Å²) in [6, 6.07) is 11.5. The van der Waals surface area contributed by atoms with Gasteiger partial charge in [0.15, 0.2) is 14.9 Å². The van der Waals surface area contributed by atoms with Crippen molar-refractivity contribution in [3.05, 3.63) is 63.7 Å². The molecule has 2 fully saturated rings. The number of sulfone groups is 1. The van der Waals surface area contributed by atoms with Crippen molar-refractivity contribution < 1.29 is 13.3 Å². The summed E-state index contributed by atoms with van der Waals surface area (Å²) in [5, 5.41) is 11.5. The van der Waals surface area contributed by atoms with Crippen LogP contribution in [0.4, 0.5) is 17.1 Å². The van der Waals surface area contributed by atoms with E-state index >= 15 is 0 Å². The van der Waals surface area contributed by atoms with Gasteiger partial charge in [-0.15, -0.1) is 0 Å². The number of hydrogen-bond acceptors (Lipinski definition) is 5. The molecule has 0 spiro atoms. The lowest BCUT2D eigenvalue weighted by atomic mass is 10.1. The molecule has 146 valence electrons. The predicted molar refractivity (Wildman–Crippen MR) is 113 cm³/mol. The number of nitro groups is 1. The van der Waals surface area contributed by atoms with Gasteiger partial charge in [-0.3, -0.25) is 10.1 Å². The molecule has 28 heavy (non-hydrogen) atoms. The summed E-state index contributed by atoms with van der Waals surface area (Å²) in [6.07, 6.45) is 0. The molecule has 0 radical (unpaired) electrons. The molecular weight excluding hydrogens is 398 g/mol. The SMILES string of the molecule is Cc1cc(C)cc(N2C(=S)N(c3ccc([N+](=O)[O-])cc3)[C@@H]3CS(=O)(=O)C[C@H]32)c1. The highest BCUT2D eigenvalue weighted by atomic mass is 32.2. The Bertz CT molecular complexity index is 1060. The van der Waals surface area contributed by atoms with Crippen molar-refractivity contribution in [2.45, 2.75) is 25.9 Å². The Morgan fingerprint density at radius 2 is 1.46 bits per heavy atom. The van der Waals surface area contributed by atoms with Crippen LogP contribution in [-0.4, -0.2) is 42.0 Å². The van der Waals surface area contributed by atoms with Crippen molar-refractivity contribution in [1.82, 2.24) is 0 Å². The van der Waals surface area contributed by atoms with Crippen LogP contribution in [0.2, 0.25) is 0 Å². The van der Waals surface area contributed by atoms with Gasteiger partial charge in [0, 0.05) is 23.5 Å². The summed E-state index contributed by atoms with van der Waals surface area (Å²) >= 11 is 5.75. The molecule has 0 saturated carbocycles. The molecule has 0 unspecified atom stereocenters. The van der Waals surface area contributed by atoms with E-state index in [2.05, 4.69) is 6.07 Å². The number of nitro benzene ring substituents is 1. The number of rotatable bonds is 3. The molecule has 2 aliphatic heterocycles. The maximum atomic E-state index is 12.4. The number of hydrogen-bond donors (Lipinski definition) is 0. The van der Waals surface area contributed by atoms with Gasteiger partial charge in [0.05, 0.1) is 28.5 Å². The third-order valence-corrected chi connectivity index (χ3v) is 7.28. The highest BCUT2D eigenvalue weighted by Crippen LogP contribution is 2.39. The van der Waals surface area contributed by atoms with E-state index in [0.29, 0.717) is 10.8 Å². The number of aryl methyl sites for hydroxylation is 2. The van der Waals surface area contributed by atoms with Gasteiger partial charge in [-0.1, -0.05) is 6.07 Å². The highest BCUT2D eigenvalue weighted by molar-refractivity contribution is 7.91. The fraction of sp³-hybridized carbons (Fsp3) is 0.316. The number of anilines is 2. The zero-order valence-electron chi connectivity index (χ0n) is 15.4. The molecule has 9 heteroatoms. The van der Waals surface area contributed by atoms with Crippen molar-refractivity contribution in [1.29, 1.82) is 0 Å². The summed E-state index contributed by atoms with van der Waals surface area (Å²) in [5.41, 5.74) is 3.66. The third kappa shape index (κ3) is 3.14. The van der Waals surface area contributed by atoms with Crippen LogP contribution in [0.1, 0.15) is 11.1 Å². The normalized spacial score (nSPS) is 23.1. The molecule has 0 N–H and O–H groups in total. The molecular formula is C19H19N3O4S2. The molecule has 2 saturated heterocycles. The number of fused-ring (bicyclic) bond motifs is 1. The molecule has 2 heterocycles. The summed E-state index contributed by atoms with van der Waals surface area (Å²) < 4.78 is 24.8. The zero-order valence-corrected chi connectivity index (χ0v) is 17.0. The molecule has 2 atom stereocenters. The summed E-state index contributed by atoms with van der Waals surface area (Å²) in [6.45, 7) is 3.99. The van der Waals surface area contributed by atoms with E-state index in [-0.39, 0.29) is 29.3 Å². The van der Waals surface area contributed by atoms with Gasteiger partial charge in [-0.25, -0.2) is 8.42 Å². The Kier molecular flexibility index (Phi) is 4.39. The average Bonchev–Trinajstić information content (AvgIpc) is 3.02. The van der Waals surface area contributed by atoms with Gasteiger partial charge in [0.1, 0.15) is 0 Å². The van der Waals surface area contributed by atoms with Gasteiger partial charge in [-0.05, 0) is 61.5 Å². The molecule has 2 aromatic carbocycles. The van der Waals surface area contributed by atoms with Crippen LogP contribution in [0.15, 0.2) is 42.5 Å². The van der Waals surface area contributed by atoms with E-state index in [4.69, 9.17) is 12.2 Å². The molecule has 7 nitrogen and oxygen atoms in total. The second-order valence-electron chi connectivity index (χ2n) is 7.35. The molecule has 0 aromatic heterocycles. The molecule has 0 amide bonds. The molecule has 2 aliphatic rings. The van der Waals surface area contributed by atoms with E-state index in [1.165, 1.54) is 12.1 Å². The van der Waals surface area contributed by atoms with E-state index in [9.17, 15) is 18.5 Å². The number of thiocarbonyl (C=S) groups is 1. The minimum Gasteiger partial charge on any atom is -0.312 e. The van der Waals surface area contributed by atoms with Crippen LogP contribution in [0.5, 0.6) is 0 Å². The van der Waals surface area contributed by atoms with Crippen LogP contribution >= 0.6 is 12.2 Å². The second-order valence-corrected chi connectivity index (χ2v) is 9.87. The average molecular weight is 418 g/mol. The van der Waals surface area contributed by atoms with E-state index in [0.717, 1.165) is 16.8 Å². The van der Waals surface area contributed by atoms with Crippen molar-refractivity contribution >= 4 is 44.2 Å². The maximum Gasteiger partial charge on any atom is 0.269 e. The first kappa shape index (κ1) is 18.8. The lowest BCUT2D eigenvalue weighted by Gasteiger charge is -2.26. The number of nitrogens with zero attached hydrogens (tertiary/aromatic N) is 3. The molecule has 4 rings (SSSR count). The van der Waals surface area contributed by atoms with Crippen LogP contribution in [0.3, 0.4) is 0 Å². The predicted octanol–water partition coefficient (Wildman–Crippen LogP) is 2.99. The molecule has 0 bridgehead atoms. The van der Waals surface area contributed by atoms with E-state index in [1.54, 1.807) is 12.1 Å². The van der Waals surface area contributed by atoms with Gasteiger partial charge >= 0.3 is 0 Å². The molecule has 2 aromatic rings. The first-order valence-corrected chi connectivity index (χ1v) is 11.0. The Morgan fingerprint density at radius 1 is 0.964 bits per heavy atom. The zero-order chi connectivity index (χ0) is 20.2. The van der Waals surface area contributed by atoms with Crippen LogP contribution in [0.25, 0.3) is 0 Å². The summed E-state index contributed by atoms with van der Waals surface area (Å²) in [7, 11) is -3.20. The largest absolute Gasteiger partial charge is 0.312 e. The van der Waals surface area contributed by atoms with Crippen molar-refractivity contribution in [3.8, 4) is 0 Å². The lowest BCUT2D eigenvalue weighted by Crippen LogP contribution is -2.37. The van der Waals surface area contributed by atoms with Crippen molar-refractivity contribution in [2.75, 3.05) is 21.3 Å². The number of non-ortho nitro benzene ring substituents is 1. The van der Waals surface area contributed by atoms with Crippen LogP contribution < -0.4 is 9.80 Å². The maximum absolute atomic E-state index is 12.4. The smallest absolute Gasteiger partial charge is 0.269 e. The van der Waals surface area contributed by atoms with Gasteiger partial charge < -0.3 is 9.80 Å². The Labute approximate surface area is 168 Å². The number of benzene rings is 2. The summed E-state index contributed by atoms with van der Waals surface area (Å²) in [5.74, 6) is 0.0460. The highest BCUT2D eigenvalue weighted by Gasteiger charge is 2.52. The Morgan fingerprint density at radius 3 is 1.96 bits per heavy atom. The van der Waals surface area contributed by atoms with Gasteiger partial charge in [-0.2, -0.15) is 0 Å². The standard InChI is InChI=1S/C19H19N3O4S2/c1-12-7-13(2)9-16(8-12)21-18-11-28(25,26)10-17(18)20(19(21)27)14-3-5-15(6-4-14)22(23)24/h3-9,17-18H,10-11H2,1-2H3/t17-,18-/m1/s1. The lowest BCUT2D eigenvalue weighted by molar-refractivity contribution is -0.384. The minimum atomic E-state index is -3.20. The van der Waals surface area contributed by atoms with Gasteiger partial charge in [0.25, 0.3) is 5.69 Å². The van der Waals surface area contributed by atoms with Crippen LogP contribution in [-0.2, 0) is 9.84 Å². The fourth-order valence-corrected chi connectivity index (χ4v) is 6.53. The first-order valence-electron chi connectivity index (χ1n) is 8.82. The summed E-state index contributed by atoms with van der Waals surface area (Å²) in [4.78, 5) is 14.2. The quantitative estimate of drug-likeness (QED) is 0.431. The Hall–Kier alpha value is -2.52. The fourth-order valence-electron chi connectivity index (χ4n) is 4.13. The van der Waals surface area contributed by atoms with E-state index in [1.807, 2.05) is 35.8 Å².